The van der Waals surface area contributed by atoms with E-state index in [0.717, 1.165) is 23.7 Å². The van der Waals surface area contributed by atoms with Crippen LogP contribution in [0.5, 0.6) is 0 Å². The summed E-state index contributed by atoms with van der Waals surface area (Å²) < 4.78 is 0. The number of rotatable bonds is 24. The van der Waals surface area contributed by atoms with Crippen molar-refractivity contribution in [2.24, 2.45) is 23.7 Å². The molecule has 0 heterocycles. The molecule has 0 aliphatic carbocycles. The average Bonchev–Trinajstić information content (AvgIpc) is 2.71. The van der Waals surface area contributed by atoms with E-state index in [2.05, 4.69) is 55.4 Å². The summed E-state index contributed by atoms with van der Waals surface area (Å²) in [6, 6.07) is 0. The zero-order chi connectivity index (χ0) is 25.0. The van der Waals surface area contributed by atoms with Crippen molar-refractivity contribution in [3.05, 3.63) is 0 Å². The molecule has 1 heteroatoms. The lowest BCUT2D eigenvalue weighted by atomic mass is 10.1. The molecule has 0 fully saturated rings. The summed E-state index contributed by atoms with van der Waals surface area (Å²) in [5.74, 6) is 3.53. The van der Waals surface area contributed by atoms with Gasteiger partial charge in [0.2, 0.25) is 0 Å². The first-order valence-corrected chi connectivity index (χ1v) is 18.0. The first kappa shape index (κ1) is 33.4. The molecule has 0 radical (unpaired) electrons. The molecule has 0 aromatic heterocycles. The van der Waals surface area contributed by atoms with Crippen LogP contribution in [0.25, 0.3) is 0 Å². The molecule has 0 N–H and O–H groups in total. The maximum atomic E-state index is 2.39. The standard InChI is InChI=1S/C32H68P/c1-29(2)21-13-9-17-25-33(26-18-10-14-22-30(3)4,27-19-11-15-23-31(5)6)28-20-12-16-24-32(7)8/h29-32H,9-28H2,1-8H3/q+1. The summed E-state index contributed by atoms with van der Waals surface area (Å²) in [6.07, 6.45) is 30.2. The Kier molecular flexibility index (Phi) is 22.0. The third-order valence-electron chi connectivity index (χ3n) is 7.66. The largest absolute Gasteiger partial charge is 0.0628 e. The second-order valence-electron chi connectivity index (χ2n) is 13.2. The zero-order valence-electron chi connectivity index (χ0n) is 24.9. The van der Waals surface area contributed by atoms with Gasteiger partial charge in [-0.25, -0.2) is 0 Å². The summed E-state index contributed by atoms with van der Waals surface area (Å²) in [6.45, 7) is 19.1. The Bertz CT molecular complexity index is 318. The Morgan fingerprint density at radius 3 is 0.697 bits per heavy atom. The van der Waals surface area contributed by atoms with Crippen molar-refractivity contribution in [1.82, 2.24) is 0 Å². The number of unbranched alkanes of at least 4 members (excludes halogenated alkanes) is 8. The molecular formula is C32H68P+. The van der Waals surface area contributed by atoms with Gasteiger partial charge in [-0.3, -0.25) is 0 Å². The van der Waals surface area contributed by atoms with Gasteiger partial charge in [0.15, 0.2) is 0 Å². The fourth-order valence-electron chi connectivity index (χ4n) is 5.38. The van der Waals surface area contributed by atoms with E-state index in [1.807, 2.05) is 0 Å². The van der Waals surface area contributed by atoms with Crippen LogP contribution in [-0.4, -0.2) is 24.6 Å². The number of hydrogen-bond acceptors (Lipinski definition) is 0. The SMILES string of the molecule is CC(C)CCCCC[P+](CCCCCC(C)C)(CCCCCC(C)C)CCCCCC(C)C. The van der Waals surface area contributed by atoms with Gasteiger partial charge in [0.25, 0.3) is 0 Å². The van der Waals surface area contributed by atoms with Crippen molar-refractivity contribution >= 4 is 7.26 Å². The first-order chi connectivity index (χ1) is 15.7. The van der Waals surface area contributed by atoms with Gasteiger partial charge < -0.3 is 0 Å². The van der Waals surface area contributed by atoms with E-state index in [0.29, 0.717) is 0 Å². The maximum absolute atomic E-state index is 2.39. The van der Waals surface area contributed by atoms with Crippen molar-refractivity contribution in [2.45, 2.75) is 158 Å². The van der Waals surface area contributed by atoms with Crippen LogP contribution in [0.1, 0.15) is 158 Å². The van der Waals surface area contributed by atoms with Crippen LogP contribution in [0.2, 0.25) is 0 Å². The Hall–Kier alpha value is 0.430. The van der Waals surface area contributed by atoms with E-state index in [1.165, 1.54) is 103 Å². The fraction of sp³-hybridized carbons (Fsp3) is 1.00. The molecule has 0 aromatic carbocycles. The molecular weight excluding hydrogens is 415 g/mol. The predicted octanol–water partition coefficient (Wildman–Crippen LogP) is 11.9. The molecule has 0 spiro atoms. The van der Waals surface area contributed by atoms with Crippen LogP contribution >= 0.6 is 7.26 Å². The molecule has 0 atom stereocenters. The highest BCUT2D eigenvalue weighted by molar-refractivity contribution is 7.75. The van der Waals surface area contributed by atoms with Crippen LogP contribution in [0.15, 0.2) is 0 Å². The molecule has 0 saturated heterocycles. The van der Waals surface area contributed by atoms with Crippen molar-refractivity contribution in [3.63, 3.8) is 0 Å². The summed E-state index contributed by atoms with van der Waals surface area (Å²) in [4.78, 5) is 0. The highest BCUT2D eigenvalue weighted by Gasteiger charge is 2.35. The van der Waals surface area contributed by atoms with E-state index >= 15 is 0 Å². The highest BCUT2D eigenvalue weighted by Crippen LogP contribution is 2.61. The van der Waals surface area contributed by atoms with Crippen molar-refractivity contribution in [3.8, 4) is 0 Å². The lowest BCUT2D eigenvalue weighted by Gasteiger charge is -2.29. The van der Waals surface area contributed by atoms with Crippen LogP contribution in [0.3, 0.4) is 0 Å². The summed E-state index contributed by atoms with van der Waals surface area (Å²) in [7, 11) is -0.752. The van der Waals surface area contributed by atoms with Gasteiger partial charge in [-0.1, -0.05) is 107 Å². The highest BCUT2D eigenvalue weighted by atomic mass is 31.2. The van der Waals surface area contributed by atoms with Crippen molar-refractivity contribution in [1.29, 1.82) is 0 Å². The van der Waals surface area contributed by atoms with Crippen LogP contribution in [0, 0.1) is 23.7 Å². The van der Waals surface area contributed by atoms with Gasteiger partial charge in [0.05, 0.1) is 24.6 Å². The summed E-state index contributed by atoms with van der Waals surface area (Å²) >= 11 is 0. The number of hydrogen-bond donors (Lipinski definition) is 0. The van der Waals surface area contributed by atoms with Gasteiger partial charge in [-0.2, -0.15) is 0 Å². The van der Waals surface area contributed by atoms with Gasteiger partial charge in [0, 0.05) is 7.26 Å². The zero-order valence-corrected chi connectivity index (χ0v) is 25.8. The Morgan fingerprint density at radius 1 is 0.303 bits per heavy atom. The van der Waals surface area contributed by atoms with E-state index in [-0.39, 0.29) is 0 Å². The smallest absolute Gasteiger partial charge is 0.0594 e. The van der Waals surface area contributed by atoms with Gasteiger partial charge in [-0.05, 0) is 75.0 Å². The Balaban J connectivity index is 4.87. The van der Waals surface area contributed by atoms with E-state index < -0.39 is 7.26 Å². The minimum Gasteiger partial charge on any atom is -0.0628 e. The van der Waals surface area contributed by atoms with Crippen LogP contribution in [-0.2, 0) is 0 Å². The minimum absolute atomic E-state index is 0.752. The third-order valence-corrected chi connectivity index (χ3v) is 12.7. The molecule has 0 saturated carbocycles. The molecule has 0 aromatic rings. The Labute approximate surface area is 213 Å². The van der Waals surface area contributed by atoms with E-state index in [4.69, 9.17) is 0 Å². The predicted molar refractivity (Wildman–Crippen MR) is 160 cm³/mol. The Morgan fingerprint density at radius 2 is 0.515 bits per heavy atom. The molecule has 0 rings (SSSR count). The molecule has 0 bridgehead atoms. The van der Waals surface area contributed by atoms with Gasteiger partial charge >= 0.3 is 0 Å². The first-order valence-electron chi connectivity index (χ1n) is 15.5. The van der Waals surface area contributed by atoms with E-state index in [9.17, 15) is 0 Å². The topological polar surface area (TPSA) is 0 Å². The quantitative estimate of drug-likeness (QED) is 0.0945. The monoisotopic (exact) mass is 484 g/mol. The molecule has 0 amide bonds. The average molecular weight is 484 g/mol. The molecule has 0 aliphatic rings. The van der Waals surface area contributed by atoms with Crippen molar-refractivity contribution in [2.75, 3.05) is 24.6 Å². The summed E-state index contributed by atoms with van der Waals surface area (Å²) in [5, 5.41) is 0. The molecule has 0 unspecified atom stereocenters. The molecule has 0 nitrogen and oxygen atoms in total. The lowest BCUT2D eigenvalue weighted by molar-refractivity contribution is 0.528. The lowest BCUT2D eigenvalue weighted by Crippen LogP contribution is -2.13. The maximum Gasteiger partial charge on any atom is 0.0594 e. The molecule has 200 valence electrons. The third kappa shape index (κ3) is 22.6. The van der Waals surface area contributed by atoms with Crippen LogP contribution in [0.4, 0.5) is 0 Å². The van der Waals surface area contributed by atoms with Gasteiger partial charge in [0.1, 0.15) is 0 Å². The minimum atomic E-state index is -0.752. The normalized spacial score (nSPS) is 12.7. The van der Waals surface area contributed by atoms with Crippen molar-refractivity contribution < 1.29 is 0 Å². The summed E-state index contributed by atoms with van der Waals surface area (Å²) in [5.41, 5.74) is 0. The molecule has 0 aliphatic heterocycles. The second-order valence-corrected chi connectivity index (χ2v) is 17.7. The second kappa shape index (κ2) is 21.7. The molecule has 33 heavy (non-hydrogen) atoms. The fourth-order valence-corrected chi connectivity index (χ4v) is 10.3. The van der Waals surface area contributed by atoms with E-state index in [1.54, 1.807) is 24.6 Å². The van der Waals surface area contributed by atoms with Crippen LogP contribution < -0.4 is 0 Å². The van der Waals surface area contributed by atoms with Gasteiger partial charge in [-0.15, -0.1) is 0 Å².